The van der Waals surface area contributed by atoms with E-state index < -0.39 is 0 Å². The van der Waals surface area contributed by atoms with Gasteiger partial charge in [0.15, 0.2) is 0 Å². The standard InChI is InChI=1S/C15H26N2/c1-14(2,3)12-9-11(17(7)8)10-16-13(12)15(4,5)6/h9-10H,1-8H3. The predicted octanol–water partition coefficient (Wildman–Crippen LogP) is 3.74. The fraction of sp³-hybridized carbons (Fsp3) is 0.667. The van der Waals surface area contributed by atoms with Gasteiger partial charge in [0.1, 0.15) is 0 Å². The van der Waals surface area contributed by atoms with Crippen LogP contribution < -0.4 is 4.90 Å². The molecule has 0 aromatic carbocycles. The molecule has 0 aliphatic heterocycles. The summed E-state index contributed by atoms with van der Waals surface area (Å²) in [4.78, 5) is 6.80. The van der Waals surface area contributed by atoms with Gasteiger partial charge < -0.3 is 4.90 Å². The van der Waals surface area contributed by atoms with Crippen molar-refractivity contribution in [2.45, 2.75) is 52.4 Å². The van der Waals surface area contributed by atoms with E-state index in [-0.39, 0.29) is 10.8 Å². The molecule has 0 bridgehead atoms. The van der Waals surface area contributed by atoms with Crippen LogP contribution >= 0.6 is 0 Å². The van der Waals surface area contributed by atoms with Crippen molar-refractivity contribution in [1.82, 2.24) is 4.98 Å². The molecule has 2 heteroatoms. The Bertz CT molecular complexity index is 392. The average Bonchev–Trinajstić information content (AvgIpc) is 2.14. The normalized spacial score (nSPS) is 12.7. The molecule has 1 rings (SSSR count). The molecule has 2 nitrogen and oxygen atoms in total. The maximum absolute atomic E-state index is 4.70. The van der Waals surface area contributed by atoms with E-state index in [1.54, 1.807) is 0 Å². The number of hydrogen-bond donors (Lipinski definition) is 0. The van der Waals surface area contributed by atoms with Crippen LogP contribution in [0.15, 0.2) is 12.3 Å². The Labute approximate surface area is 106 Å². The molecule has 0 unspecified atom stereocenters. The lowest BCUT2D eigenvalue weighted by atomic mass is 9.78. The topological polar surface area (TPSA) is 16.1 Å². The number of nitrogens with zero attached hydrogens (tertiary/aromatic N) is 2. The van der Waals surface area contributed by atoms with Gasteiger partial charge in [-0.05, 0) is 17.0 Å². The van der Waals surface area contributed by atoms with Gasteiger partial charge in [0.25, 0.3) is 0 Å². The highest BCUT2D eigenvalue weighted by Crippen LogP contribution is 2.34. The lowest BCUT2D eigenvalue weighted by molar-refractivity contribution is 0.514. The molecule has 0 N–H and O–H groups in total. The molecule has 1 heterocycles. The maximum Gasteiger partial charge on any atom is 0.0550 e. The van der Waals surface area contributed by atoms with Crippen molar-refractivity contribution in [1.29, 1.82) is 0 Å². The third-order valence-corrected chi connectivity index (χ3v) is 2.91. The van der Waals surface area contributed by atoms with E-state index in [0.717, 1.165) is 0 Å². The van der Waals surface area contributed by atoms with Crippen LogP contribution in [0.2, 0.25) is 0 Å². The van der Waals surface area contributed by atoms with Crippen molar-refractivity contribution in [3.05, 3.63) is 23.5 Å². The number of pyridine rings is 1. The molecule has 0 aliphatic carbocycles. The number of anilines is 1. The fourth-order valence-corrected chi connectivity index (χ4v) is 1.87. The van der Waals surface area contributed by atoms with Crippen LogP contribution in [-0.2, 0) is 10.8 Å². The van der Waals surface area contributed by atoms with Crippen LogP contribution in [0.3, 0.4) is 0 Å². The summed E-state index contributed by atoms with van der Waals surface area (Å²) < 4.78 is 0. The zero-order valence-electron chi connectivity index (χ0n) is 12.5. The van der Waals surface area contributed by atoms with E-state index in [9.17, 15) is 0 Å². The summed E-state index contributed by atoms with van der Waals surface area (Å²) in [5.74, 6) is 0. The van der Waals surface area contributed by atoms with Crippen LogP contribution in [0.25, 0.3) is 0 Å². The third kappa shape index (κ3) is 3.21. The number of aromatic nitrogens is 1. The smallest absolute Gasteiger partial charge is 0.0550 e. The highest BCUT2D eigenvalue weighted by Gasteiger charge is 2.26. The first-order chi connectivity index (χ1) is 7.53. The highest BCUT2D eigenvalue weighted by molar-refractivity contribution is 5.49. The minimum atomic E-state index is 0.0907. The molecule has 0 fully saturated rings. The van der Waals surface area contributed by atoms with Crippen molar-refractivity contribution in [2.24, 2.45) is 0 Å². The van der Waals surface area contributed by atoms with Crippen molar-refractivity contribution in [3.8, 4) is 0 Å². The van der Waals surface area contributed by atoms with Gasteiger partial charge in [-0.2, -0.15) is 0 Å². The van der Waals surface area contributed by atoms with Crippen LogP contribution in [-0.4, -0.2) is 19.1 Å². The van der Waals surface area contributed by atoms with Crippen molar-refractivity contribution < 1.29 is 0 Å². The van der Waals surface area contributed by atoms with Crippen LogP contribution in [0.5, 0.6) is 0 Å². The molecule has 0 spiro atoms. The summed E-state index contributed by atoms with van der Waals surface area (Å²) in [5.41, 5.74) is 3.93. The molecule has 1 aromatic rings. The van der Waals surface area contributed by atoms with E-state index in [1.165, 1.54) is 16.9 Å². The first kappa shape index (κ1) is 14.0. The quantitative estimate of drug-likeness (QED) is 0.736. The van der Waals surface area contributed by atoms with Gasteiger partial charge in [0.2, 0.25) is 0 Å². The van der Waals surface area contributed by atoms with Crippen LogP contribution in [0, 0.1) is 0 Å². The molecule has 0 saturated carbocycles. The van der Waals surface area contributed by atoms with Crippen LogP contribution in [0.4, 0.5) is 5.69 Å². The Morgan fingerprint density at radius 2 is 1.47 bits per heavy atom. The van der Waals surface area contributed by atoms with Gasteiger partial charge in [-0.25, -0.2) is 0 Å². The minimum absolute atomic E-state index is 0.0907. The summed E-state index contributed by atoms with van der Waals surface area (Å²) in [6.07, 6.45) is 1.97. The molecule has 17 heavy (non-hydrogen) atoms. The summed E-state index contributed by atoms with van der Waals surface area (Å²) in [6.45, 7) is 13.4. The summed E-state index contributed by atoms with van der Waals surface area (Å²) in [7, 11) is 4.11. The first-order valence-corrected chi connectivity index (χ1v) is 6.22. The minimum Gasteiger partial charge on any atom is -0.376 e. The van der Waals surface area contributed by atoms with Gasteiger partial charge >= 0.3 is 0 Å². The average molecular weight is 234 g/mol. The Morgan fingerprint density at radius 3 is 1.82 bits per heavy atom. The van der Waals surface area contributed by atoms with Gasteiger partial charge in [-0.3, -0.25) is 4.98 Å². The molecule has 0 radical (unpaired) electrons. The third-order valence-electron chi connectivity index (χ3n) is 2.91. The Balaban J connectivity index is 3.43. The molecule has 0 aliphatic rings. The Morgan fingerprint density at radius 1 is 0.941 bits per heavy atom. The van der Waals surface area contributed by atoms with E-state index >= 15 is 0 Å². The Kier molecular flexibility index (Phi) is 3.56. The first-order valence-electron chi connectivity index (χ1n) is 6.22. The maximum atomic E-state index is 4.70. The van der Waals surface area contributed by atoms with Gasteiger partial charge in [-0.1, -0.05) is 41.5 Å². The molecule has 0 atom stereocenters. The number of rotatable bonds is 1. The second kappa shape index (κ2) is 4.32. The lowest BCUT2D eigenvalue weighted by Crippen LogP contribution is -2.24. The zero-order chi connectivity index (χ0) is 13.4. The molecule has 0 saturated heterocycles. The van der Waals surface area contributed by atoms with E-state index in [4.69, 9.17) is 4.98 Å². The van der Waals surface area contributed by atoms with Gasteiger partial charge in [0, 0.05) is 25.2 Å². The van der Waals surface area contributed by atoms with Gasteiger partial charge in [0.05, 0.1) is 11.9 Å². The largest absolute Gasteiger partial charge is 0.376 e. The van der Waals surface area contributed by atoms with Crippen molar-refractivity contribution in [2.75, 3.05) is 19.0 Å². The highest BCUT2D eigenvalue weighted by atomic mass is 15.1. The second-order valence-electron chi connectivity index (χ2n) is 6.98. The van der Waals surface area contributed by atoms with Gasteiger partial charge in [-0.15, -0.1) is 0 Å². The SMILES string of the molecule is CN(C)c1cnc(C(C)(C)C)c(C(C)(C)C)c1. The van der Waals surface area contributed by atoms with E-state index in [1.807, 2.05) is 6.20 Å². The van der Waals surface area contributed by atoms with Crippen LogP contribution in [0.1, 0.15) is 52.8 Å². The second-order valence-corrected chi connectivity index (χ2v) is 6.98. The molecule has 1 aromatic heterocycles. The summed E-state index contributed by atoms with van der Waals surface area (Å²) in [5, 5.41) is 0. The van der Waals surface area contributed by atoms with E-state index in [2.05, 4.69) is 66.6 Å². The fourth-order valence-electron chi connectivity index (χ4n) is 1.87. The van der Waals surface area contributed by atoms with Crippen molar-refractivity contribution >= 4 is 5.69 Å². The molecule has 96 valence electrons. The number of hydrogen-bond acceptors (Lipinski definition) is 2. The lowest BCUT2D eigenvalue weighted by Gasteiger charge is -2.30. The predicted molar refractivity (Wildman–Crippen MR) is 76.0 cm³/mol. The molecular formula is C15H26N2. The zero-order valence-corrected chi connectivity index (χ0v) is 12.5. The van der Waals surface area contributed by atoms with E-state index in [0.29, 0.717) is 0 Å². The monoisotopic (exact) mass is 234 g/mol. The van der Waals surface area contributed by atoms with Crippen molar-refractivity contribution in [3.63, 3.8) is 0 Å². The Hall–Kier alpha value is -1.05. The summed E-state index contributed by atoms with van der Waals surface area (Å²) >= 11 is 0. The molecular weight excluding hydrogens is 208 g/mol. The summed E-state index contributed by atoms with van der Waals surface area (Å²) in [6, 6.07) is 2.27. The molecule has 0 amide bonds.